The highest BCUT2D eigenvalue weighted by atomic mass is 35.5. The van der Waals surface area contributed by atoms with Gasteiger partial charge in [0, 0.05) is 25.6 Å². The van der Waals surface area contributed by atoms with Crippen molar-refractivity contribution in [3.63, 3.8) is 0 Å². The molecule has 1 aliphatic heterocycles. The van der Waals surface area contributed by atoms with Gasteiger partial charge < -0.3 is 10.2 Å². The lowest BCUT2D eigenvalue weighted by Gasteiger charge is -2.33. The molecule has 0 radical (unpaired) electrons. The lowest BCUT2D eigenvalue weighted by molar-refractivity contribution is -0.132. The molecule has 0 bridgehead atoms. The molecule has 1 fully saturated rings. The van der Waals surface area contributed by atoms with Crippen LogP contribution in [0.2, 0.25) is 5.02 Å². The molecule has 0 atom stereocenters. The second-order valence-corrected chi connectivity index (χ2v) is 7.70. The monoisotopic (exact) mass is 388 g/mol. The van der Waals surface area contributed by atoms with Gasteiger partial charge in [-0.15, -0.1) is 0 Å². The molecular weight excluding hydrogens is 364 g/mol. The number of hydrogen-bond donors (Lipinski definition) is 1. The molecule has 1 amide bonds. The standard InChI is InChI=1S/C20H25ClN4O2/c1-14(2)12-18(26)24-10-8-15(9-11-24)23-17-13-22-25(20(27)19(17)21)16-6-4-3-5-7-16/h3-7,13-15,23H,8-12H2,1-2H3. The zero-order chi connectivity index (χ0) is 19.4. The summed E-state index contributed by atoms with van der Waals surface area (Å²) in [5.41, 5.74) is 0.867. The van der Waals surface area contributed by atoms with Crippen molar-refractivity contribution < 1.29 is 4.79 Å². The van der Waals surface area contributed by atoms with E-state index < -0.39 is 0 Å². The minimum absolute atomic E-state index is 0.132. The first-order valence-electron chi connectivity index (χ1n) is 9.33. The van der Waals surface area contributed by atoms with Crippen LogP contribution in [0.25, 0.3) is 5.69 Å². The van der Waals surface area contributed by atoms with Gasteiger partial charge in [-0.3, -0.25) is 9.59 Å². The predicted molar refractivity (Wildman–Crippen MR) is 108 cm³/mol. The Morgan fingerprint density at radius 2 is 1.93 bits per heavy atom. The number of benzene rings is 1. The first kappa shape index (κ1) is 19.4. The summed E-state index contributed by atoms with van der Waals surface area (Å²) in [6.07, 6.45) is 3.82. The maximum atomic E-state index is 12.6. The lowest BCUT2D eigenvalue weighted by Crippen LogP contribution is -2.42. The van der Waals surface area contributed by atoms with Crippen molar-refractivity contribution >= 4 is 23.2 Å². The number of aromatic nitrogens is 2. The number of carbonyl (C=O) groups excluding carboxylic acids is 1. The molecule has 0 spiro atoms. The molecule has 2 aromatic rings. The highest BCUT2D eigenvalue weighted by Crippen LogP contribution is 2.22. The highest BCUT2D eigenvalue weighted by Gasteiger charge is 2.24. The first-order valence-corrected chi connectivity index (χ1v) is 9.71. The number of piperidine rings is 1. The predicted octanol–water partition coefficient (Wildman–Crippen LogP) is 3.33. The number of rotatable bonds is 5. The van der Waals surface area contributed by atoms with Crippen molar-refractivity contribution in [1.29, 1.82) is 0 Å². The number of likely N-dealkylation sites (tertiary alicyclic amines) is 1. The Bertz CT molecular complexity index is 843. The van der Waals surface area contributed by atoms with E-state index in [1.54, 1.807) is 6.20 Å². The molecule has 1 aromatic heterocycles. The molecule has 0 unspecified atom stereocenters. The quantitative estimate of drug-likeness (QED) is 0.853. The Kier molecular flexibility index (Phi) is 6.16. The van der Waals surface area contributed by atoms with Gasteiger partial charge in [0.05, 0.1) is 17.6 Å². The summed E-state index contributed by atoms with van der Waals surface area (Å²) in [7, 11) is 0. The van der Waals surface area contributed by atoms with Crippen molar-refractivity contribution in [1.82, 2.24) is 14.7 Å². The molecule has 7 heteroatoms. The molecule has 1 saturated heterocycles. The number of nitrogens with zero attached hydrogens (tertiary/aromatic N) is 3. The van der Waals surface area contributed by atoms with Crippen LogP contribution in [0.4, 0.5) is 5.69 Å². The van der Waals surface area contributed by atoms with E-state index in [1.165, 1.54) is 4.68 Å². The molecule has 3 rings (SSSR count). The number of carbonyl (C=O) groups is 1. The van der Waals surface area contributed by atoms with Gasteiger partial charge >= 0.3 is 0 Å². The largest absolute Gasteiger partial charge is 0.380 e. The second-order valence-electron chi connectivity index (χ2n) is 7.32. The molecule has 1 N–H and O–H groups in total. The summed E-state index contributed by atoms with van der Waals surface area (Å²) in [6, 6.07) is 9.35. The van der Waals surface area contributed by atoms with Gasteiger partial charge in [-0.1, -0.05) is 43.6 Å². The molecule has 1 aliphatic rings. The number of nitrogens with one attached hydrogen (secondary N) is 1. The summed E-state index contributed by atoms with van der Waals surface area (Å²) in [6.45, 7) is 5.54. The van der Waals surface area contributed by atoms with Crippen LogP contribution in [-0.4, -0.2) is 39.7 Å². The van der Waals surface area contributed by atoms with E-state index in [4.69, 9.17) is 11.6 Å². The summed E-state index contributed by atoms with van der Waals surface area (Å²) < 4.78 is 1.29. The fourth-order valence-corrected chi connectivity index (χ4v) is 3.44. The molecule has 27 heavy (non-hydrogen) atoms. The lowest BCUT2D eigenvalue weighted by atomic mass is 10.0. The van der Waals surface area contributed by atoms with E-state index in [2.05, 4.69) is 24.3 Å². The minimum atomic E-state index is -0.350. The zero-order valence-corrected chi connectivity index (χ0v) is 16.4. The Hall–Kier alpha value is -2.34. The van der Waals surface area contributed by atoms with E-state index in [0.29, 0.717) is 23.7 Å². The maximum absolute atomic E-state index is 12.6. The number of hydrogen-bond acceptors (Lipinski definition) is 4. The van der Waals surface area contributed by atoms with E-state index in [0.717, 1.165) is 25.9 Å². The van der Waals surface area contributed by atoms with Gasteiger partial charge in [0.25, 0.3) is 5.56 Å². The van der Waals surface area contributed by atoms with Crippen LogP contribution in [0.5, 0.6) is 0 Å². The van der Waals surface area contributed by atoms with Gasteiger partial charge in [0.1, 0.15) is 5.02 Å². The van der Waals surface area contributed by atoms with Crippen molar-refractivity contribution in [2.24, 2.45) is 5.92 Å². The third-order valence-electron chi connectivity index (χ3n) is 4.71. The summed E-state index contributed by atoms with van der Waals surface area (Å²) in [5, 5.41) is 7.70. The maximum Gasteiger partial charge on any atom is 0.292 e. The number of para-hydroxylation sites is 1. The summed E-state index contributed by atoms with van der Waals surface area (Å²) >= 11 is 6.30. The normalized spacial score (nSPS) is 15.2. The zero-order valence-electron chi connectivity index (χ0n) is 15.7. The topological polar surface area (TPSA) is 67.2 Å². The van der Waals surface area contributed by atoms with E-state index in [1.807, 2.05) is 35.2 Å². The fraction of sp³-hybridized carbons (Fsp3) is 0.450. The van der Waals surface area contributed by atoms with E-state index in [-0.39, 0.29) is 22.5 Å². The fourth-order valence-electron chi connectivity index (χ4n) is 3.26. The molecule has 1 aromatic carbocycles. The number of amides is 1. The molecule has 0 saturated carbocycles. The Morgan fingerprint density at radius 1 is 1.26 bits per heavy atom. The van der Waals surface area contributed by atoms with Crippen LogP contribution in [0.3, 0.4) is 0 Å². The van der Waals surface area contributed by atoms with Crippen LogP contribution >= 0.6 is 11.6 Å². The molecule has 6 nitrogen and oxygen atoms in total. The Morgan fingerprint density at radius 3 is 2.56 bits per heavy atom. The van der Waals surface area contributed by atoms with Crippen LogP contribution < -0.4 is 10.9 Å². The van der Waals surface area contributed by atoms with Gasteiger partial charge in [0.2, 0.25) is 5.91 Å². The molecule has 0 aliphatic carbocycles. The van der Waals surface area contributed by atoms with Crippen LogP contribution in [0, 0.1) is 5.92 Å². The molecular formula is C20H25ClN4O2. The average Bonchev–Trinajstić information content (AvgIpc) is 2.66. The SMILES string of the molecule is CC(C)CC(=O)N1CCC(Nc2cnn(-c3ccccc3)c(=O)c2Cl)CC1. The molecule has 2 heterocycles. The van der Waals surface area contributed by atoms with Crippen molar-refractivity contribution in [2.45, 2.75) is 39.2 Å². The number of anilines is 1. The Labute approximate surface area is 164 Å². The smallest absolute Gasteiger partial charge is 0.292 e. The van der Waals surface area contributed by atoms with E-state index in [9.17, 15) is 9.59 Å². The summed E-state index contributed by atoms with van der Waals surface area (Å²) in [4.78, 5) is 26.6. The average molecular weight is 389 g/mol. The van der Waals surface area contributed by atoms with E-state index >= 15 is 0 Å². The number of halogens is 1. The third kappa shape index (κ3) is 4.69. The van der Waals surface area contributed by atoms with Crippen LogP contribution in [0.1, 0.15) is 33.1 Å². The van der Waals surface area contributed by atoms with Crippen molar-refractivity contribution in [3.05, 3.63) is 51.9 Å². The van der Waals surface area contributed by atoms with Crippen LogP contribution in [0.15, 0.2) is 41.3 Å². The Balaban J connectivity index is 1.65. The van der Waals surface area contributed by atoms with Gasteiger partial charge in [-0.25, -0.2) is 0 Å². The minimum Gasteiger partial charge on any atom is -0.380 e. The van der Waals surface area contributed by atoms with Crippen molar-refractivity contribution in [2.75, 3.05) is 18.4 Å². The summed E-state index contributed by atoms with van der Waals surface area (Å²) in [5.74, 6) is 0.586. The van der Waals surface area contributed by atoms with Gasteiger partial charge in [0.15, 0.2) is 0 Å². The first-order chi connectivity index (χ1) is 13.0. The van der Waals surface area contributed by atoms with Gasteiger partial charge in [-0.2, -0.15) is 9.78 Å². The van der Waals surface area contributed by atoms with Crippen molar-refractivity contribution in [3.8, 4) is 5.69 Å². The van der Waals surface area contributed by atoms with Gasteiger partial charge in [-0.05, 0) is 30.9 Å². The second kappa shape index (κ2) is 8.57. The van der Waals surface area contributed by atoms with Crippen LogP contribution in [-0.2, 0) is 4.79 Å². The third-order valence-corrected chi connectivity index (χ3v) is 5.08. The molecule has 144 valence electrons. The highest BCUT2D eigenvalue weighted by molar-refractivity contribution is 6.33.